The van der Waals surface area contributed by atoms with Crippen molar-refractivity contribution >= 4 is 17.1 Å². The maximum Gasteiger partial charge on any atom is 0.0540 e. The molecule has 0 aromatic heterocycles. The van der Waals surface area contributed by atoms with Gasteiger partial charge in [-0.2, -0.15) is 0 Å². The summed E-state index contributed by atoms with van der Waals surface area (Å²) in [6, 6.07) is 50.9. The van der Waals surface area contributed by atoms with Gasteiger partial charge in [-0.15, -0.1) is 0 Å². The largest absolute Gasteiger partial charge is 0.310 e. The third-order valence-electron chi connectivity index (χ3n) is 12.0. The van der Waals surface area contributed by atoms with E-state index in [9.17, 15) is 0 Å². The first-order chi connectivity index (χ1) is 23.7. The Kier molecular flexibility index (Phi) is 6.66. The number of anilines is 3. The van der Waals surface area contributed by atoms with Crippen LogP contribution in [-0.4, -0.2) is 0 Å². The van der Waals surface area contributed by atoms with Crippen molar-refractivity contribution in [2.24, 2.45) is 0 Å². The van der Waals surface area contributed by atoms with Gasteiger partial charge in [0.2, 0.25) is 0 Å². The van der Waals surface area contributed by atoms with E-state index in [1.807, 2.05) is 0 Å². The van der Waals surface area contributed by atoms with Gasteiger partial charge in [0.1, 0.15) is 0 Å². The lowest BCUT2D eigenvalue weighted by molar-refractivity contribution is 0.550. The number of hydrogen-bond acceptors (Lipinski definition) is 1. The highest BCUT2D eigenvalue weighted by atomic mass is 15.1. The minimum Gasteiger partial charge on any atom is -0.310 e. The molecule has 0 aliphatic heterocycles. The molecule has 1 saturated carbocycles. The highest BCUT2D eigenvalue weighted by Gasteiger charge is 2.45. The summed E-state index contributed by atoms with van der Waals surface area (Å²) in [7, 11) is 0. The van der Waals surface area contributed by atoms with Gasteiger partial charge in [-0.3, -0.25) is 0 Å². The van der Waals surface area contributed by atoms with E-state index < -0.39 is 0 Å². The van der Waals surface area contributed by atoms with Crippen LogP contribution in [0, 0.1) is 0 Å². The molecule has 1 fully saturated rings. The summed E-state index contributed by atoms with van der Waals surface area (Å²) in [6.45, 7) is 11.7. The van der Waals surface area contributed by atoms with Crippen LogP contribution < -0.4 is 4.90 Å². The van der Waals surface area contributed by atoms with Crippen molar-refractivity contribution < 1.29 is 0 Å². The Labute approximate surface area is 292 Å². The van der Waals surface area contributed by atoms with Gasteiger partial charge in [0.25, 0.3) is 0 Å². The molecule has 49 heavy (non-hydrogen) atoms. The molecule has 0 unspecified atom stereocenters. The molecule has 6 aromatic carbocycles. The fourth-order valence-electron chi connectivity index (χ4n) is 9.40. The number of nitrogens with zero attached hydrogens (tertiary/aromatic N) is 1. The number of benzene rings is 6. The van der Waals surface area contributed by atoms with E-state index in [2.05, 4.69) is 173 Å². The average Bonchev–Trinajstić information content (AvgIpc) is 3.78. The molecule has 6 aromatic rings. The van der Waals surface area contributed by atoms with Crippen LogP contribution in [0.25, 0.3) is 33.4 Å². The molecule has 9 rings (SSSR count). The van der Waals surface area contributed by atoms with Gasteiger partial charge in [-0.05, 0) is 110 Å². The first-order valence-electron chi connectivity index (χ1n) is 18.2. The molecule has 3 aliphatic rings. The molecule has 242 valence electrons. The molecule has 1 heteroatoms. The van der Waals surface area contributed by atoms with Crippen molar-refractivity contribution in [2.75, 3.05) is 4.90 Å². The van der Waals surface area contributed by atoms with Crippen LogP contribution in [0.15, 0.2) is 133 Å². The summed E-state index contributed by atoms with van der Waals surface area (Å²) in [5.74, 6) is 0. The summed E-state index contributed by atoms with van der Waals surface area (Å²) in [5.41, 5.74) is 18.9. The molecule has 0 N–H and O–H groups in total. The van der Waals surface area contributed by atoms with E-state index >= 15 is 0 Å². The van der Waals surface area contributed by atoms with E-state index in [0.29, 0.717) is 0 Å². The van der Waals surface area contributed by atoms with E-state index in [1.165, 1.54) is 104 Å². The van der Waals surface area contributed by atoms with Gasteiger partial charge in [-0.1, -0.05) is 145 Å². The number of fused-ring (bicyclic) bond motifs is 8. The molecule has 0 bridgehead atoms. The molecule has 0 heterocycles. The summed E-state index contributed by atoms with van der Waals surface area (Å²) in [5, 5.41) is 0. The third-order valence-corrected chi connectivity index (χ3v) is 12.0. The first kappa shape index (κ1) is 30.2. The fraction of sp³-hybridized carbons (Fsp3) is 0.250. The second kappa shape index (κ2) is 10.8. The summed E-state index contributed by atoms with van der Waals surface area (Å²) >= 11 is 0. The topological polar surface area (TPSA) is 3.24 Å². The van der Waals surface area contributed by atoms with Gasteiger partial charge in [-0.25, -0.2) is 0 Å². The smallest absolute Gasteiger partial charge is 0.0540 e. The standard InChI is InChI=1S/C48H45N/c1-46(2,3)33-21-26-45(40(29-33)32-15-7-6-8-16-32)49(34-22-24-38-36-17-9-11-19-41(36)47(4,5)43(38)30-34)35-23-25-39-37-18-10-12-20-42(37)48(44(39)31-35)27-13-14-28-48/h6-12,15-26,29-31H,13-14,27-28H2,1-5H3. The molecule has 1 nitrogen and oxygen atoms in total. The molecule has 1 spiro atoms. The van der Waals surface area contributed by atoms with Crippen LogP contribution in [0.2, 0.25) is 0 Å². The summed E-state index contributed by atoms with van der Waals surface area (Å²) < 4.78 is 0. The van der Waals surface area contributed by atoms with Crippen LogP contribution in [-0.2, 0) is 16.2 Å². The summed E-state index contributed by atoms with van der Waals surface area (Å²) in [4.78, 5) is 2.56. The molecule has 3 aliphatic carbocycles. The van der Waals surface area contributed by atoms with Crippen LogP contribution >= 0.6 is 0 Å². The SMILES string of the molecule is CC(C)(C)c1ccc(N(c2ccc3c(c2)C(C)(C)c2ccccc2-3)c2ccc3c(c2)C2(CCCC2)c2ccccc2-3)c(-c2ccccc2)c1. The minimum absolute atomic E-state index is 0.0322. The minimum atomic E-state index is -0.0839. The fourth-order valence-corrected chi connectivity index (χ4v) is 9.40. The van der Waals surface area contributed by atoms with Crippen molar-refractivity contribution in [3.63, 3.8) is 0 Å². The zero-order chi connectivity index (χ0) is 33.5. The zero-order valence-electron chi connectivity index (χ0n) is 29.5. The predicted molar refractivity (Wildman–Crippen MR) is 208 cm³/mol. The van der Waals surface area contributed by atoms with Crippen molar-refractivity contribution in [3.05, 3.63) is 161 Å². The number of hydrogen-bond donors (Lipinski definition) is 0. The van der Waals surface area contributed by atoms with E-state index in [1.54, 1.807) is 0 Å². The highest BCUT2D eigenvalue weighted by Crippen LogP contribution is 2.58. The maximum absolute atomic E-state index is 2.56. The third kappa shape index (κ3) is 4.51. The van der Waals surface area contributed by atoms with Crippen LogP contribution in [0.1, 0.15) is 88.1 Å². The predicted octanol–water partition coefficient (Wildman–Crippen LogP) is 13.3. The van der Waals surface area contributed by atoms with Gasteiger partial charge in [0, 0.05) is 27.8 Å². The van der Waals surface area contributed by atoms with Crippen molar-refractivity contribution in [1.29, 1.82) is 0 Å². The van der Waals surface area contributed by atoms with Gasteiger partial charge in [0.15, 0.2) is 0 Å². The quantitative estimate of drug-likeness (QED) is 0.186. The number of rotatable bonds is 4. The van der Waals surface area contributed by atoms with Gasteiger partial charge >= 0.3 is 0 Å². The van der Waals surface area contributed by atoms with E-state index in [-0.39, 0.29) is 16.2 Å². The molecule has 0 atom stereocenters. The molecular weight excluding hydrogens is 591 g/mol. The van der Waals surface area contributed by atoms with Crippen molar-refractivity contribution in [1.82, 2.24) is 0 Å². The lowest BCUT2D eigenvalue weighted by Crippen LogP contribution is -2.21. The monoisotopic (exact) mass is 635 g/mol. The second-order valence-electron chi connectivity index (χ2n) is 16.1. The molecular formula is C48H45N. The Balaban J connectivity index is 1.30. The highest BCUT2D eigenvalue weighted by molar-refractivity contribution is 5.92. The molecule has 0 radical (unpaired) electrons. The molecule has 0 saturated heterocycles. The van der Waals surface area contributed by atoms with E-state index in [4.69, 9.17) is 0 Å². The van der Waals surface area contributed by atoms with Crippen molar-refractivity contribution in [2.45, 2.75) is 76.5 Å². The Morgan fingerprint density at radius 1 is 0.490 bits per heavy atom. The van der Waals surface area contributed by atoms with Gasteiger partial charge < -0.3 is 4.90 Å². The Morgan fingerprint density at radius 2 is 1.04 bits per heavy atom. The Bertz CT molecular complexity index is 2240. The van der Waals surface area contributed by atoms with Gasteiger partial charge in [0.05, 0.1) is 5.69 Å². The summed E-state index contributed by atoms with van der Waals surface area (Å²) in [6.07, 6.45) is 5.02. The normalized spacial score (nSPS) is 16.3. The Hall–Kier alpha value is -4.88. The maximum atomic E-state index is 2.56. The van der Waals surface area contributed by atoms with Crippen LogP contribution in [0.4, 0.5) is 17.1 Å². The lowest BCUT2D eigenvalue weighted by atomic mass is 9.76. The first-order valence-corrected chi connectivity index (χ1v) is 18.2. The zero-order valence-corrected chi connectivity index (χ0v) is 29.5. The average molecular weight is 636 g/mol. The van der Waals surface area contributed by atoms with E-state index in [0.717, 1.165) is 0 Å². The van der Waals surface area contributed by atoms with Crippen LogP contribution in [0.3, 0.4) is 0 Å². The van der Waals surface area contributed by atoms with Crippen molar-refractivity contribution in [3.8, 4) is 33.4 Å². The van der Waals surface area contributed by atoms with Crippen LogP contribution in [0.5, 0.6) is 0 Å². The molecule has 0 amide bonds. The second-order valence-corrected chi connectivity index (χ2v) is 16.1. The lowest BCUT2D eigenvalue weighted by Gasteiger charge is -2.32. The Morgan fingerprint density at radius 3 is 1.71 bits per heavy atom.